The topological polar surface area (TPSA) is 66.2 Å². The minimum atomic E-state index is -0.0913. The van der Waals surface area contributed by atoms with Crippen LogP contribution < -0.4 is 0 Å². The summed E-state index contributed by atoms with van der Waals surface area (Å²) in [6, 6.07) is 11.6. The van der Waals surface area contributed by atoms with Gasteiger partial charge in [-0.15, -0.1) is 0 Å². The van der Waals surface area contributed by atoms with Gasteiger partial charge in [-0.2, -0.15) is 0 Å². The van der Waals surface area contributed by atoms with Crippen LogP contribution in [0.25, 0.3) is 22.3 Å². The zero-order valence-electron chi connectivity index (χ0n) is 9.71. The molecule has 0 atom stereocenters. The number of benzene rings is 2. The molecule has 0 unspecified atom stereocenters. The lowest BCUT2D eigenvalue weighted by Crippen LogP contribution is -1.92. The molecule has 0 bridgehead atoms. The molecule has 2 aromatic carbocycles. The molecule has 0 spiro atoms. The van der Waals surface area contributed by atoms with Crippen molar-refractivity contribution in [1.29, 1.82) is 0 Å². The van der Waals surface area contributed by atoms with Gasteiger partial charge in [-0.3, -0.25) is 0 Å². The lowest BCUT2D eigenvalue weighted by molar-refractivity contribution is 0.451. The predicted molar refractivity (Wildman–Crippen MR) is 73.3 cm³/mol. The first-order valence-corrected chi connectivity index (χ1v) is 5.97. The molecule has 0 amide bonds. The highest BCUT2D eigenvalue weighted by molar-refractivity contribution is 6.34. The summed E-state index contributed by atoms with van der Waals surface area (Å²) in [4.78, 5) is 8.53. The zero-order valence-corrected chi connectivity index (χ0v) is 10.5. The van der Waals surface area contributed by atoms with Crippen LogP contribution in [0.5, 0.6) is 11.5 Å². The van der Waals surface area contributed by atoms with Crippen molar-refractivity contribution in [3.05, 3.63) is 47.6 Å². The molecular weight excluding hydrogens is 264 g/mol. The number of phenolic OH excluding ortho intramolecular Hbond substituents is 2. The van der Waals surface area contributed by atoms with Gasteiger partial charge in [-0.1, -0.05) is 23.7 Å². The first kappa shape index (κ1) is 11.7. The normalized spacial score (nSPS) is 10.8. The van der Waals surface area contributed by atoms with E-state index in [1.165, 1.54) is 12.1 Å². The number of halogens is 1. The van der Waals surface area contributed by atoms with Gasteiger partial charge in [-0.05, 0) is 24.3 Å². The van der Waals surface area contributed by atoms with Gasteiger partial charge in [0.2, 0.25) is 0 Å². The first-order valence-electron chi connectivity index (χ1n) is 5.60. The van der Waals surface area contributed by atoms with Gasteiger partial charge < -0.3 is 10.2 Å². The van der Waals surface area contributed by atoms with Crippen molar-refractivity contribution in [3.63, 3.8) is 0 Å². The van der Waals surface area contributed by atoms with E-state index in [-0.39, 0.29) is 11.5 Å². The molecule has 0 saturated heterocycles. The number of fused-ring (bicyclic) bond motifs is 1. The first-order chi connectivity index (χ1) is 9.15. The van der Waals surface area contributed by atoms with E-state index in [2.05, 4.69) is 9.97 Å². The highest BCUT2D eigenvalue weighted by Crippen LogP contribution is 2.32. The van der Waals surface area contributed by atoms with Gasteiger partial charge in [0, 0.05) is 11.5 Å². The fourth-order valence-electron chi connectivity index (χ4n) is 1.87. The standard InChI is InChI=1S/C14H9ClN2O2/c15-13-9-3-1-2-4-11(9)16-14(17-13)10-6-5-8(18)7-12(10)19/h1-7,18-19H. The number of phenols is 2. The lowest BCUT2D eigenvalue weighted by Gasteiger charge is -2.06. The summed E-state index contributed by atoms with van der Waals surface area (Å²) >= 11 is 6.11. The van der Waals surface area contributed by atoms with E-state index >= 15 is 0 Å². The van der Waals surface area contributed by atoms with Crippen LogP contribution in [0.2, 0.25) is 5.15 Å². The van der Waals surface area contributed by atoms with Crippen molar-refractivity contribution < 1.29 is 10.2 Å². The molecule has 2 N–H and O–H groups in total. The summed E-state index contributed by atoms with van der Waals surface area (Å²) in [6.45, 7) is 0. The highest BCUT2D eigenvalue weighted by atomic mass is 35.5. The fourth-order valence-corrected chi connectivity index (χ4v) is 2.11. The van der Waals surface area contributed by atoms with Crippen LogP contribution in [0.1, 0.15) is 0 Å². The monoisotopic (exact) mass is 272 g/mol. The Morgan fingerprint density at radius 2 is 1.74 bits per heavy atom. The molecule has 4 nitrogen and oxygen atoms in total. The second kappa shape index (κ2) is 4.40. The highest BCUT2D eigenvalue weighted by Gasteiger charge is 2.11. The van der Waals surface area contributed by atoms with Crippen LogP contribution in [-0.4, -0.2) is 20.2 Å². The SMILES string of the molecule is Oc1ccc(-c2nc(Cl)c3ccccc3n2)c(O)c1. The lowest BCUT2D eigenvalue weighted by atomic mass is 10.1. The van der Waals surface area contributed by atoms with E-state index in [0.29, 0.717) is 22.1 Å². The van der Waals surface area contributed by atoms with Crippen LogP contribution in [0.3, 0.4) is 0 Å². The molecule has 1 aromatic heterocycles. The third-order valence-electron chi connectivity index (χ3n) is 2.78. The predicted octanol–water partition coefficient (Wildman–Crippen LogP) is 3.36. The van der Waals surface area contributed by atoms with Gasteiger partial charge in [0.15, 0.2) is 5.82 Å². The molecule has 0 fully saturated rings. The Morgan fingerprint density at radius 1 is 0.947 bits per heavy atom. The van der Waals surface area contributed by atoms with Gasteiger partial charge in [0.05, 0.1) is 11.1 Å². The van der Waals surface area contributed by atoms with Crippen LogP contribution in [0, 0.1) is 0 Å². The smallest absolute Gasteiger partial charge is 0.165 e. The second-order valence-corrected chi connectivity index (χ2v) is 4.41. The third-order valence-corrected chi connectivity index (χ3v) is 3.07. The quantitative estimate of drug-likeness (QED) is 0.667. The van der Waals surface area contributed by atoms with Crippen LogP contribution in [-0.2, 0) is 0 Å². The number of hydrogen-bond donors (Lipinski definition) is 2. The average molecular weight is 273 g/mol. The Morgan fingerprint density at radius 3 is 2.53 bits per heavy atom. The maximum absolute atomic E-state index is 9.82. The summed E-state index contributed by atoms with van der Waals surface area (Å²) in [7, 11) is 0. The van der Waals surface area contributed by atoms with E-state index in [1.807, 2.05) is 24.3 Å². The molecule has 94 valence electrons. The largest absolute Gasteiger partial charge is 0.508 e. The molecule has 19 heavy (non-hydrogen) atoms. The Hall–Kier alpha value is -2.33. The Kier molecular flexibility index (Phi) is 2.72. The molecule has 3 aromatic rings. The summed E-state index contributed by atoms with van der Waals surface area (Å²) in [5, 5.41) is 20.2. The summed E-state index contributed by atoms with van der Waals surface area (Å²) in [5.74, 6) is 0.209. The maximum atomic E-state index is 9.82. The van der Waals surface area contributed by atoms with Crippen molar-refractivity contribution in [2.75, 3.05) is 0 Å². The zero-order chi connectivity index (χ0) is 13.4. The van der Waals surface area contributed by atoms with E-state index in [0.717, 1.165) is 5.39 Å². The molecule has 0 aliphatic heterocycles. The number of nitrogens with zero attached hydrogens (tertiary/aromatic N) is 2. The molecule has 0 aliphatic carbocycles. The number of hydrogen-bond acceptors (Lipinski definition) is 4. The van der Waals surface area contributed by atoms with E-state index in [1.54, 1.807) is 6.07 Å². The second-order valence-electron chi connectivity index (χ2n) is 4.06. The van der Waals surface area contributed by atoms with E-state index in [9.17, 15) is 10.2 Å². The van der Waals surface area contributed by atoms with Gasteiger partial charge in [0.25, 0.3) is 0 Å². The number of para-hydroxylation sites is 1. The Bertz CT molecular complexity index is 774. The number of rotatable bonds is 1. The van der Waals surface area contributed by atoms with Crippen molar-refractivity contribution in [3.8, 4) is 22.9 Å². The van der Waals surface area contributed by atoms with Crippen LogP contribution >= 0.6 is 11.6 Å². The minimum absolute atomic E-state index is 0.0202. The van der Waals surface area contributed by atoms with Gasteiger partial charge in [0.1, 0.15) is 16.7 Å². The average Bonchev–Trinajstić information content (AvgIpc) is 2.38. The van der Waals surface area contributed by atoms with Gasteiger partial charge >= 0.3 is 0 Å². The molecule has 3 rings (SSSR count). The molecule has 1 heterocycles. The third kappa shape index (κ3) is 2.06. The summed E-state index contributed by atoms with van der Waals surface area (Å²) in [6.07, 6.45) is 0. The van der Waals surface area contributed by atoms with Gasteiger partial charge in [-0.25, -0.2) is 9.97 Å². The van der Waals surface area contributed by atoms with E-state index in [4.69, 9.17) is 11.6 Å². The molecule has 0 aliphatic rings. The summed E-state index contributed by atoms with van der Waals surface area (Å²) in [5.41, 5.74) is 1.12. The van der Waals surface area contributed by atoms with Crippen molar-refractivity contribution in [2.24, 2.45) is 0 Å². The van der Waals surface area contributed by atoms with Crippen molar-refractivity contribution >= 4 is 22.5 Å². The summed E-state index contributed by atoms with van der Waals surface area (Å²) < 4.78 is 0. The van der Waals surface area contributed by atoms with Crippen LogP contribution in [0.4, 0.5) is 0 Å². The molecule has 0 saturated carbocycles. The minimum Gasteiger partial charge on any atom is -0.508 e. The number of aromatic hydroxyl groups is 2. The molecular formula is C14H9ClN2O2. The molecule has 5 heteroatoms. The van der Waals surface area contributed by atoms with Crippen molar-refractivity contribution in [1.82, 2.24) is 9.97 Å². The number of aromatic nitrogens is 2. The van der Waals surface area contributed by atoms with Crippen LogP contribution in [0.15, 0.2) is 42.5 Å². The maximum Gasteiger partial charge on any atom is 0.165 e. The molecule has 0 radical (unpaired) electrons. The Balaban J connectivity index is 2.25. The van der Waals surface area contributed by atoms with Crippen molar-refractivity contribution in [2.45, 2.75) is 0 Å². The Labute approximate surface area is 114 Å². The fraction of sp³-hybridized carbons (Fsp3) is 0. The van der Waals surface area contributed by atoms with E-state index < -0.39 is 0 Å².